The predicted molar refractivity (Wildman–Crippen MR) is 122 cm³/mol. The van der Waals surface area contributed by atoms with E-state index in [4.69, 9.17) is 4.42 Å². The molecule has 4 nitrogen and oxygen atoms in total. The molecule has 2 heterocycles. The van der Waals surface area contributed by atoms with Gasteiger partial charge in [0.2, 0.25) is 0 Å². The Labute approximate surface area is 182 Å². The average molecular weight is 421 g/mol. The van der Waals surface area contributed by atoms with Gasteiger partial charge in [-0.15, -0.1) is 6.58 Å². The van der Waals surface area contributed by atoms with Crippen LogP contribution in [0, 0.1) is 6.92 Å². The Balaban J connectivity index is 1.74. The van der Waals surface area contributed by atoms with E-state index in [0.717, 1.165) is 10.5 Å². The number of furan rings is 1. The van der Waals surface area contributed by atoms with Crippen molar-refractivity contribution >= 4 is 17.7 Å². The second-order valence-electron chi connectivity index (χ2n) is 8.28. The molecule has 3 rings (SSSR count). The van der Waals surface area contributed by atoms with E-state index in [0.29, 0.717) is 17.3 Å². The molecule has 1 aromatic carbocycles. The molecule has 3 aromatic rings. The van der Waals surface area contributed by atoms with Crippen LogP contribution in [-0.2, 0) is 5.41 Å². The molecule has 0 aliphatic heterocycles. The molecule has 1 amide bonds. The minimum absolute atomic E-state index is 0.0738. The summed E-state index contributed by atoms with van der Waals surface area (Å²) in [5.74, 6) is 0.0518. The molecule has 2 aromatic heterocycles. The van der Waals surface area contributed by atoms with Gasteiger partial charge in [-0.25, -0.2) is 0 Å². The van der Waals surface area contributed by atoms with Crippen molar-refractivity contribution in [2.45, 2.75) is 55.6 Å². The van der Waals surface area contributed by atoms with E-state index < -0.39 is 0 Å². The molecular formula is C25H28N2O2S. The summed E-state index contributed by atoms with van der Waals surface area (Å²) in [5, 5.41) is 3.72. The van der Waals surface area contributed by atoms with Gasteiger partial charge in [-0.1, -0.05) is 50.7 Å². The van der Waals surface area contributed by atoms with Gasteiger partial charge in [0, 0.05) is 17.3 Å². The quantitative estimate of drug-likeness (QED) is 0.445. The van der Waals surface area contributed by atoms with E-state index in [1.807, 2.05) is 18.2 Å². The number of amides is 1. The van der Waals surface area contributed by atoms with Gasteiger partial charge in [-0.05, 0) is 65.8 Å². The van der Waals surface area contributed by atoms with Crippen LogP contribution in [0.4, 0.5) is 0 Å². The van der Waals surface area contributed by atoms with Crippen molar-refractivity contribution in [3.8, 4) is 0 Å². The van der Waals surface area contributed by atoms with Crippen LogP contribution in [0.2, 0.25) is 0 Å². The van der Waals surface area contributed by atoms with Crippen LogP contribution < -0.4 is 5.32 Å². The first kappa shape index (κ1) is 21.9. The molecular weight excluding hydrogens is 392 g/mol. The molecule has 30 heavy (non-hydrogen) atoms. The summed E-state index contributed by atoms with van der Waals surface area (Å²) in [6.45, 7) is 12.5. The third-order valence-electron chi connectivity index (χ3n) is 4.89. The average Bonchev–Trinajstić information content (AvgIpc) is 3.18. The van der Waals surface area contributed by atoms with Crippen LogP contribution in [0.25, 0.3) is 0 Å². The number of aryl methyl sites for hydroxylation is 1. The highest BCUT2D eigenvalue weighted by Gasteiger charge is 2.19. The molecule has 0 saturated heterocycles. The Morgan fingerprint density at radius 1 is 1.20 bits per heavy atom. The summed E-state index contributed by atoms with van der Waals surface area (Å²) >= 11 is 1.54. The summed E-state index contributed by atoms with van der Waals surface area (Å²) in [4.78, 5) is 17.9. The van der Waals surface area contributed by atoms with Gasteiger partial charge in [0.25, 0.3) is 5.91 Å². The monoisotopic (exact) mass is 420 g/mol. The largest absolute Gasteiger partial charge is 0.444 e. The van der Waals surface area contributed by atoms with Crippen molar-refractivity contribution in [2.24, 2.45) is 0 Å². The summed E-state index contributed by atoms with van der Waals surface area (Å²) in [6.07, 6.45) is 5.84. The van der Waals surface area contributed by atoms with E-state index in [1.165, 1.54) is 22.9 Å². The first-order chi connectivity index (χ1) is 14.3. The van der Waals surface area contributed by atoms with Crippen LogP contribution in [0.15, 0.2) is 81.9 Å². The number of benzene rings is 1. The lowest BCUT2D eigenvalue weighted by molar-refractivity contribution is 0.0904. The molecule has 0 bridgehead atoms. The lowest BCUT2D eigenvalue weighted by atomic mass is 9.87. The van der Waals surface area contributed by atoms with Gasteiger partial charge in [0.1, 0.15) is 0 Å². The fourth-order valence-corrected chi connectivity index (χ4v) is 3.95. The molecule has 1 unspecified atom stereocenters. The number of hydrogen-bond donors (Lipinski definition) is 1. The van der Waals surface area contributed by atoms with Gasteiger partial charge in [-0.2, -0.15) is 0 Å². The molecule has 1 N–H and O–H groups in total. The first-order valence-corrected chi connectivity index (χ1v) is 10.8. The molecule has 1 atom stereocenters. The van der Waals surface area contributed by atoms with Gasteiger partial charge < -0.3 is 9.73 Å². The Morgan fingerprint density at radius 3 is 2.60 bits per heavy atom. The number of rotatable bonds is 7. The maximum atomic E-state index is 12.8. The minimum atomic E-state index is -0.245. The van der Waals surface area contributed by atoms with E-state index >= 15 is 0 Å². The standard InChI is InChI=1S/C25H28N2O2S/c1-6-7-20(18-12-14-26-15-13-18)27-24(28)21-10-11-23(29-21)30-22-16-19(25(3,4)5)9-8-17(22)2/h6,8-16,20H,1,7H2,2-5H3,(H,27,28). The zero-order valence-electron chi connectivity index (χ0n) is 17.9. The maximum absolute atomic E-state index is 12.8. The second kappa shape index (κ2) is 9.35. The van der Waals surface area contributed by atoms with Crippen molar-refractivity contribution < 1.29 is 9.21 Å². The van der Waals surface area contributed by atoms with Gasteiger partial charge in [0.05, 0.1) is 6.04 Å². The van der Waals surface area contributed by atoms with E-state index in [9.17, 15) is 4.79 Å². The first-order valence-electron chi connectivity index (χ1n) is 9.98. The number of aromatic nitrogens is 1. The molecule has 0 radical (unpaired) electrons. The number of pyridine rings is 1. The highest BCUT2D eigenvalue weighted by atomic mass is 32.2. The number of hydrogen-bond acceptors (Lipinski definition) is 4. The Kier molecular flexibility index (Phi) is 6.83. The molecule has 156 valence electrons. The molecule has 0 fully saturated rings. The number of nitrogens with one attached hydrogen (secondary N) is 1. The van der Waals surface area contributed by atoms with Crippen molar-refractivity contribution in [2.75, 3.05) is 0 Å². The third-order valence-corrected chi connectivity index (χ3v) is 5.97. The van der Waals surface area contributed by atoms with Crippen molar-refractivity contribution in [3.05, 3.63) is 90.0 Å². The smallest absolute Gasteiger partial charge is 0.287 e. The maximum Gasteiger partial charge on any atom is 0.287 e. The number of carbonyl (C=O) groups excluding carboxylic acids is 1. The fourth-order valence-electron chi connectivity index (χ4n) is 3.05. The highest BCUT2D eigenvalue weighted by Crippen LogP contribution is 2.35. The molecule has 0 spiro atoms. The number of carbonyl (C=O) groups is 1. The van der Waals surface area contributed by atoms with Crippen LogP contribution in [-0.4, -0.2) is 10.9 Å². The van der Waals surface area contributed by atoms with Gasteiger partial charge >= 0.3 is 0 Å². The van der Waals surface area contributed by atoms with Crippen LogP contribution in [0.1, 0.15) is 60.5 Å². The molecule has 0 aliphatic carbocycles. The summed E-state index contributed by atoms with van der Waals surface area (Å²) in [7, 11) is 0. The summed E-state index contributed by atoms with van der Waals surface area (Å²) < 4.78 is 5.86. The SMILES string of the molecule is C=CCC(NC(=O)c1ccc(Sc2cc(C(C)(C)C)ccc2C)o1)c1ccncc1. The van der Waals surface area contributed by atoms with Crippen molar-refractivity contribution in [1.29, 1.82) is 0 Å². The third kappa shape index (κ3) is 5.42. The zero-order chi connectivity index (χ0) is 21.7. The fraction of sp³-hybridized carbons (Fsp3) is 0.280. The topological polar surface area (TPSA) is 55.1 Å². The van der Waals surface area contributed by atoms with Crippen molar-refractivity contribution in [3.63, 3.8) is 0 Å². The molecule has 5 heteroatoms. The summed E-state index contributed by atoms with van der Waals surface area (Å²) in [6, 6.07) is 13.7. The van der Waals surface area contributed by atoms with Crippen LogP contribution in [0.5, 0.6) is 0 Å². The van der Waals surface area contributed by atoms with Crippen LogP contribution >= 0.6 is 11.8 Å². The Hall–Kier alpha value is -2.79. The Bertz CT molecular complexity index is 1020. The van der Waals surface area contributed by atoms with Crippen LogP contribution in [0.3, 0.4) is 0 Å². The Morgan fingerprint density at radius 2 is 1.93 bits per heavy atom. The van der Waals surface area contributed by atoms with E-state index in [1.54, 1.807) is 24.5 Å². The van der Waals surface area contributed by atoms with E-state index in [-0.39, 0.29) is 17.4 Å². The minimum Gasteiger partial charge on any atom is -0.444 e. The highest BCUT2D eigenvalue weighted by molar-refractivity contribution is 7.99. The normalized spacial score (nSPS) is 12.4. The molecule has 0 saturated carbocycles. The van der Waals surface area contributed by atoms with Gasteiger partial charge in [0.15, 0.2) is 10.9 Å². The molecule has 0 aliphatic rings. The predicted octanol–water partition coefficient (Wildman–Crippen LogP) is 6.48. The zero-order valence-corrected chi connectivity index (χ0v) is 18.8. The second-order valence-corrected chi connectivity index (χ2v) is 9.33. The summed E-state index contributed by atoms with van der Waals surface area (Å²) in [5.41, 5.74) is 3.50. The lowest BCUT2D eigenvalue weighted by Gasteiger charge is -2.20. The number of nitrogens with zero attached hydrogens (tertiary/aromatic N) is 1. The lowest BCUT2D eigenvalue weighted by Crippen LogP contribution is -2.27. The van der Waals surface area contributed by atoms with Gasteiger partial charge in [-0.3, -0.25) is 9.78 Å². The van der Waals surface area contributed by atoms with Crippen molar-refractivity contribution in [1.82, 2.24) is 10.3 Å². The van der Waals surface area contributed by atoms with E-state index in [2.05, 4.69) is 62.8 Å².